The minimum atomic E-state index is 0.150. The van der Waals surface area contributed by atoms with Crippen molar-refractivity contribution in [1.82, 2.24) is 4.98 Å². The molecule has 0 amide bonds. The average molecular weight is 330 g/mol. The van der Waals surface area contributed by atoms with Gasteiger partial charge >= 0.3 is 0 Å². The van der Waals surface area contributed by atoms with Gasteiger partial charge in [-0.15, -0.1) is 0 Å². The fourth-order valence-electron chi connectivity index (χ4n) is 2.24. The van der Waals surface area contributed by atoms with E-state index in [2.05, 4.69) is 32.3 Å². The molecule has 6 heteroatoms. The molecule has 1 aliphatic rings. The molecule has 18 heavy (non-hydrogen) atoms. The number of nitrogen functional groups attached to an aromatic ring is 1. The lowest BCUT2D eigenvalue weighted by atomic mass is 9.95. The van der Waals surface area contributed by atoms with Gasteiger partial charge in [0.2, 0.25) is 0 Å². The average Bonchev–Trinajstić information content (AvgIpc) is 2.37. The van der Waals surface area contributed by atoms with Gasteiger partial charge in [-0.05, 0) is 28.8 Å². The van der Waals surface area contributed by atoms with Crippen molar-refractivity contribution in [2.24, 2.45) is 0 Å². The first kappa shape index (κ1) is 13.4. The zero-order chi connectivity index (χ0) is 13.1. The maximum Gasteiger partial charge on any atom is 0.151 e. The zero-order valence-corrected chi connectivity index (χ0v) is 12.2. The number of hydrogen-bond donors (Lipinski definition) is 2. The molecular formula is C12H14BrClN4. The fourth-order valence-corrected chi connectivity index (χ4v) is 2.87. The molecule has 1 aromatic heterocycles. The number of nitrogens with zero attached hydrogens (tertiary/aromatic N) is 2. The molecule has 0 aromatic carbocycles. The van der Waals surface area contributed by atoms with Gasteiger partial charge in [0.15, 0.2) is 5.15 Å². The number of nitriles is 1. The Kier molecular flexibility index (Phi) is 4.31. The van der Waals surface area contributed by atoms with Crippen molar-refractivity contribution in [3.63, 3.8) is 0 Å². The molecule has 0 unspecified atom stereocenters. The van der Waals surface area contributed by atoms with E-state index in [-0.39, 0.29) is 5.15 Å². The largest absolute Gasteiger partial charge is 0.383 e. The molecule has 0 bridgehead atoms. The minimum absolute atomic E-state index is 0.150. The van der Waals surface area contributed by atoms with E-state index in [0.717, 1.165) is 12.8 Å². The lowest BCUT2D eigenvalue weighted by Gasteiger charge is -2.25. The zero-order valence-electron chi connectivity index (χ0n) is 9.84. The van der Waals surface area contributed by atoms with E-state index >= 15 is 0 Å². The second kappa shape index (κ2) is 5.77. The molecule has 4 nitrogen and oxygen atoms in total. The summed E-state index contributed by atoms with van der Waals surface area (Å²) in [6.07, 6.45) is 5.93. The number of pyridine rings is 1. The third-order valence-corrected chi connectivity index (χ3v) is 4.26. The highest BCUT2D eigenvalue weighted by atomic mass is 79.9. The van der Waals surface area contributed by atoms with Crippen molar-refractivity contribution in [2.45, 2.75) is 38.1 Å². The maximum absolute atomic E-state index is 9.17. The first-order valence-corrected chi connectivity index (χ1v) is 7.11. The Morgan fingerprint density at radius 3 is 2.67 bits per heavy atom. The first-order valence-electron chi connectivity index (χ1n) is 5.94. The van der Waals surface area contributed by atoms with Crippen LogP contribution >= 0.6 is 27.5 Å². The van der Waals surface area contributed by atoms with Crippen molar-refractivity contribution >= 4 is 39.0 Å². The van der Waals surface area contributed by atoms with Gasteiger partial charge < -0.3 is 11.1 Å². The Morgan fingerprint density at radius 2 is 2.06 bits per heavy atom. The molecule has 0 saturated heterocycles. The van der Waals surface area contributed by atoms with Gasteiger partial charge in [0.25, 0.3) is 0 Å². The summed E-state index contributed by atoms with van der Waals surface area (Å²) in [5, 5.41) is 12.7. The van der Waals surface area contributed by atoms with E-state index in [1.807, 2.05) is 0 Å². The van der Waals surface area contributed by atoms with Crippen LogP contribution in [0.3, 0.4) is 0 Å². The Hall–Kier alpha value is -0.990. The van der Waals surface area contributed by atoms with Crippen LogP contribution < -0.4 is 11.1 Å². The summed E-state index contributed by atoms with van der Waals surface area (Å²) in [7, 11) is 0. The van der Waals surface area contributed by atoms with Crippen LogP contribution in [0.1, 0.15) is 37.7 Å². The summed E-state index contributed by atoms with van der Waals surface area (Å²) in [4.78, 5) is 3.93. The molecule has 0 spiro atoms. The van der Waals surface area contributed by atoms with Crippen LogP contribution in [0.5, 0.6) is 0 Å². The van der Waals surface area contributed by atoms with Crippen LogP contribution in [0.2, 0.25) is 5.15 Å². The van der Waals surface area contributed by atoms with Crippen molar-refractivity contribution in [3.05, 3.63) is 15.2 Å². The third kappa shape index (κ3) is 2.70. The monoisotopic (exact) mass is 328 g/mol. The van der Waals surface area contributed by atoms with E-state index < -0.39 is 0 Å². The fraction of sp³-hybridized carbons (Fsp3) is 0.500. The molecule has 0 aliphatic heterocycles. The van der Waals surface area contributed by atoms with Crippen molar-refractivity contribution < 1.29 is 0 Å². The van der Waals surface area contributed by atoms with Crippen molar-refractivity contribution in [1.29, 1.82) is 5.26 Å². The van der Waals surface area contributed by atoms with E-state index in [9.17, 15) is 0 Å². The Balaban J connectivity index is 2.33. The lowest BCUT2D eigenvalue weighted by molar-refractivity contribution is 0.462. The molecule has 0 radical (unpaired) electrons. The summed E-state index contributed by atoms with van der Waals surface area (Å²) < 4.78 is 0.619. The van der Waals surface area contributed by atoms with E-state index in [1.165, 1.54) is 19.3 Å². The molecule has 0 atom stereocenters. The van der Waals surface area contributed by atoms with Crippen LogP contribution in [-0.2, 0) is 0 Å². The Labute approximate surface area is 120 Å². The van der Waals surface area contributed by atoms with E-state index in [0.29, 0.717) is 27.6 Å². The highest BCUT2D eigenvalue weighted by Gasteiger charge is 2.20. The maximum atomic E-state index is 9.17. The van der Waals surface area contributed by atoms with Crippen molar-refractivity contribution in [3.8, 4) is 6.07 Å². The third-order valence-electron chi connectivity index (χ3n) is 3.18. The van der Waals surface area contributed by atoms with E-state index in [1.54, 1.807) is 0 Å². The molecule has 2 rings (SSSR count). The van der Waals surface area contributed by atoms with Crippen molar-refractivity contribution in [2.75, 3.05) is 11.1 Å². The summed E-state index contributed by atoms with van der Waals surface area (Å²) in [5.74, 6) is 0.303. The van der Waals surface area contributed by atoms with Gasteiger partial charge in [0.1, 0.15) is 17.5 Å². The van der Waals surface area contributed by atoms with Gasteiger partial charge in [-0.25, -0.2) is 4.98 Å². The standard InChI is InChI=1S/C12H14BrClN4/c13-9-10(17-7-4-2-1-3-5-7)8(6-15)11(14)18-12(9)16/h7H,1-5H2,(H3,16,17,18). The lowest BCUT2D eigenvalue weighted by Crippen LogP contribution is -2.23. The highest BCUT2D eigenvalue weighted by Crippen LogP contribution is 2.36. The minimum Gasteiger partial charge on any atom is -0.383 e. The molecule has 1 heterocycles. The number of anilines is 2. The van der Waals surface area contributed by atoms with Gasteiger partial charge in [-0.1, -0.05) is 30.9 Å². The second-order valence-electron chi connectivity index (χ2n) is 4.44. The normalized spacial score (nSPS) is 16.3. The van der Waals surface area contributed by atoms with Crippen LogP contribution in [0.25, 0.3) is 0 Å². The number of halogens is 2. The Morgan fingerprint density at radius 1 is 1.39 bits per heavy atom. The molecule has 1 aromatic rings. The van der Waals surface area contributed by atoms with Gasteiger partial charge in [0, 0.05) is 6.04 Å². The van der Waals surface area contributed by atoms with Gasteiger partial charge in [-0.2, -0.15) is 5.26 Å². The predicted molar refractivity (Wildman–Crippen MR) is 76.6 cm³/mol. The predicted octanol–water partition coefficient (Wildman–Crippen LogP) is 3.70. The van der Waals surface area contributed by atoms with Crippen LogP contribution in [-0.4, -0.2) is 11.0 Å². The van der Waals surface area contributed by atoms with E-state index in [4.69, 9.17) is 22.6 Å². The van der Waals surface area contributed by atoms with Gasteiger partial charge in [-0.3, -0.25) is 0 Å². The molecule has 1 fully saturated rings. The number of hydrogen-bond acceptors (Lipinski definition) is 4. The smallest absolute Gasteiger partial charge is 0.151 e. The SMILES string of the molecule is N#Cc1c(Cl)nc(N)c(Br)c1NC1CCCCC1. The summed E-state index contributed by atoms with van der Waals surface area (Å²) in [6.45, 7) is 0. The van der Waals surface area contributed by atoms with Crippen LogP contribution in [0, 0.1) is 11.3 Å². The molecule has 96 valence electrons. The Bertz CT molecular complexity index is 492. The summed E-state index contributed by atoms with van der Waals surface area (Å²) in [5.41, 5.74) is 6.78. The van der Waals surface area contributed by atoms with Crippen LogP contribution in [0.4, 0.5) is 11.5 Å². The molecular weight excluding hydrogens is 316 g/mol. The topological polar surface area (TPSA) is 74.7 Å². The summed E-state index contributed by atoms with van der Waals surface area (Å²) in [6, 6.07) is 2.45. The quantitative estimate of drug-likeness (QED) is 0.811. The number of nitrogens with two attached hydrogens (primary N) is 1. The van der Waals surface area contributed by atoms with Gasteiger partial charge in [0.05, 0.1) is 10.2 Å². The molecule has 1 saturated carbocycles. The number of aromatic nitrogens is 1. The number of rotatable bonds is 2. The summed E-state index contributed by atoms with van der Waals surface area (Å²) >= 11 is 9.32. The highest BCUT2D eigenvalue weighted by molar-refractivity contribution is 9.10. The first-order chi connectivity index (χ1) is 8.63. The molecule has 3 N–H and O–H groups in total. The second-order valence-corrected chi connectivity index (χ2v) is 5.59. The molecule has 1 aliphatic carbocycles. The number of nitrogens with one attached hydrogen (secondary N) is 1. The van der Waals surface area contributed by atoms with Crippen LogP contribution in [0.15, 0.2) is 4.47 Å².